The quantitative estimate of drug-likeness (QED) is 0.611. The highest BCUT2D eigenvalue weighted by Gasteiger charge is 2.37. The highest BCUT2D eigenvalue weighted by atomic mass is 16.1. The van der Waals surface area contributed by atoms with Crippen molar-refractivity contribution in [3.8, 4) is 0 Å². The Bertz CT molecular complexity index is 277. The Morgan fingerprint density at radius 2 is 1.92 bits per heavy atom. The van der Waals surface area contributed by atoms with E-state index < -0.39 is 0 Å². The molecule has 0 N–H and O–H groups in total. The van der Waals surface area contributed by atoms with Crippen LogP contribution in [0.2, 0.25) is 0 Å². The lowest BCUT2D eigenvalue weighted by Gasteiger charge is -2.37. The minimum Gasteiger partial charge on any atom is -0.302 e. The molecule has 0 bridgehead atoms. The van der Waals surface area contributed by atoms with Gasteiger partial charge in [-0.25, -0.2) is 0 Å². The lowest BCUT2D eigenvalue weighted by molar-refractivity contribution is -0.115. The van der Waals surface area contributed by atoms with E-state index in [1.54, 1.807) is 0 Å². The number of hydrogen-bond acceptors (Lipinski definition) is 1. The summed E-state index contributed by atoms with van der Waals surface area (Å²) in [4.78, 5) is 10.9. The van der Waals surface area contributed by atoms with Crippen LogP contribution < -0.4 is 0 Å². The van der Waals surface area contributed by atoms with E-state index in [2.05, 4.69) is 0 Å². The van der Waals surface area contributed by atoms with Gasteiger partial charge in [0.1, 0.15) is 6.29 Å². The van der Waals surface area contributed by atoms with Gasteiger partial charge in [-0.15, -0.1) is 0 Å². The van der Waals surface area contributed by atoms with Gasteiger partial charge in [0.25, 0.3) is 0 Å². The lowest BCUT2D eigenvalue weighted by Crippen LogP contribution is -2.35. The smallest absolute Gasteiger partial charge is 0.130 e. The number of hydrogen-bond donors (Lipinski definition) is 0. The van der Waals surface area contributed by atoms with E-state index in [0.717, 1.165) is 19.1 Å². The molecule has 1 saturated carbocycles. The van der Waals surface area contributed by atoms with E-state index in [1.165, 1.54) is 12.0 Å². The number of benzene rings is 1. The van der Waals surface area contributed by atoms with Crippen molar-refractivity contribution >= 4 is 6.29 Å². The third-order valence-corrected chi connectivity index (χ3v) is 2.82. The van der Waals surface area contributed by atoms with Crippen LogP contribution in [0, 0.1) is 0 Å². The van der Waals surface area contributed by atoms with E-state index in [0.29, 0.717) is 0 Å². The van der Waals surface area contributed by atoms with Crippen molar-refractivity contribution in [1.29, 1.82) is 0 Å². The maximum atomic E-state index is 10.9. The normalized spacial score (nSPS) is 19.7. The minimum atomic E-state index is -0.124. The van der Waals surface area contributed by atoms with Crippen LogP contribution in [-0.2, 0) is 10.2 Å². The Kier molecular flexibility index (Phi) is 1.72. The van der Waals surface area contributed by atoms with Gasteiger partial charge in [-0.2, -0.15) is 0 Å². The topological polar surface area (TPSA) is 17.1 Å². The first-order chi connectivity index (χ1) is 5.87. The van der Waals surface area contributed by atoms with E-state index in [4.69, 9.17) is 0 Å². The van der Waals surface area contributed by atoms with E-state index >= 15 is 0 Å². The Morgan fingerprint density at radius 3 is 2.33 bits per heavy atom. The molecule has 0 unspecified atom stereocenters. The minimum absolute atomic E-state index is 0. The van der Waals surface area contributed by atoms with Crippen LogP contribution in [0.25, 0.3) is 0 Å². The predicted molar refractivity (Wildman–Crippen MR) is 50.1 cm³/mol. The van der Waals surface area contributed by atoms with Gasteiger partial charge in [0.2, 0.25) is 0 Å². The summed E-state index contributed by atoms with van der Waals surface area (Å²) < 4.78 is 0. The summed E-state index contributed by atoms with van der Waals surface area (Å²) in [5, 5.41) is 0. The fourth-order valence-corrected chi connectivity index (χ4v) is 1.80. The third kappa shape index (κ3) is 0.970. The van der Waals surface area contributed by atoms with Crippen molar-refractivity contribution < 1.29 is 6.22 Å². The number of rotatable bonds is 2. The van der Waals surface area contributed by atoms with Crippen LogP contribution >= 0.6 is 0 Å². The fraction of sp³-hybridized carbons (Fsp3) is 0.364. The van der Waals surface area contributed by atoms with Gasteiger partial charge in [-0.1, -0.05) is 36.8 Å². The van der Waals surface area contributed by atoms with Gasteiger partial charge in [-0.05, 0) is 18.4 Å². The number of aldehydes is 1. The molecule has 0 heterocycles. The zero-order valence-electron chi connectivity index (χ0n) is 6.99. The molecule has 1 fully saturated rings. The predicted octanol–water partition coefficient (Wildman–Crippen LogP) is 2.55. The number of carbonyl (C=O) groups is 1. The second-order valence-corrected chi connectivity index (χ2v) is 3.49. The van der Waals surface area contributed by atoms with Gasteiger partial charge in [0.05, 0.1) is 5.41 Å². The molecule has 0 amide bonds. The summed E-state index contributed by atoms with van der Waals surface area (Å²) in [5.41, 5.74) is 1.06. The molecule has 1 heteroatoms. The van der Waals surface area contributed by atoms with Crippen LogP contribution in [0.5, 0.6) is 0 Å². The molecule has 0 saturated heterocycles. The Labute approximate surface area is 73.9 Å². The average molecular weight is 162 g/mol. The van der Waals surface area contributed by atoms with Crippen LogP contribution in [0.1, 0.15) is 26.3 Å². The summed E-state index contributed by atoms with van der Waals surface area (Å²) in [6, 6.07) is 10.1. The largest absolute Gasteiger partial charge is 0.302 e. The lowest BCUT2D eigenvalue weighted by atomic mass is 9.66. The summed E-state index contributed by atoms with van der Waals surface area (Å²) >= 11 is 0. The number of carbonyl (C=O) groups excluding carboxylic acids is 1. The molecule has 1 aromatic carbocycles. The molecule has 0 radical (unpaired) electrons. The molecule has 0 spiro atoms. The molecular weight excluding hydrogens is 148 g/mol. The average Bonchev–Trinajstić information content (AvgIpc) is 2.05. The van der Waals surface area contributed by atoms with Crippen molar-refractivity contribution in [1.82, 2.24) is 0 Å². The Balaban J connectivity index is 0.000000845. The second-order valence-electron chi connectivity index (χ2n) is 3.49. The first-order valence-corrected chi connectivity index (χ1v) is 4.39. The summed E-state index contributed by atoms with van der Waals surface area (Å²) in [6.45, 7) is 0. The SMILES string of the molecule is O=CC1(c2ccccc2)CCC1.[HH]. The van der Waals surface area contributed by atoms with Crippen molar-refractivity contribution in [2.75, 3.05) is 0 Å². The van der Waals surface area contributed by atoms with Gasteiger partial charge < -0.3 is 4.79 Å². The molecule has 1 aromatic rings. The van der Waals surface area contributed by atoms with E-state index in [1.807, 2.05) is 30.3 Å². The first-order valence-electron chi connectivity index (χ1n) is 4.39. The zero-order valence-corrected chi connectivity index (χ0v) is 6.99. The van der Waals surface area contributed by atoms with Gasteiger partial charge >= 0.3 is 0 Å². The molecular formula is C11H14O. The van der Waals surface area contributed by atoms with Gasteiger partial charge in [0, 0.05) is 1.43 Å². The van der Waals surface area contributed by atoms with Crippen molar-refractivity contribution in [3.63, 3.8) is 0 Å². The van der Waals surface area contributed by atoms with Crippen LogP contribution in [0.4, 0.5) is 0 Å². The van der Waals surface area contributed by atoms with E-state index in [-0.39, 0.29) is 6.84 Å². The van der Waals surface area contributed by atoms with Crippen molar-refractivity contribution in [2.24, 2.45) is 0 Å². The van der Waals surface area contributed by atoms with Crippen LogP contribution in [-0.4, -0.2) is 6.29 Å². The fourth-order valence-electron chi connectivity index (χ4n) is 1.80. The zero-order chi connectivity index (χ0) is 8.44. The van der Waals surface area contributed by atoms with Crippen molar-refractivity contribution in [2.45, 2.75) is 24.7 Å². The first kappa shape index (κ1) is 7.53. The summed E-state index contributed by atoms with van der Waals surface area (Å²) in [6.07, 6.45) is 4.36. The van der Waals surface area contributed by atoms with Gasteiger partial charge in [-0.3, -0.25) is 0 Å². The summed E-state index contributed by atoms with van der Waals surface area (Å²) in [5.74, 6) is 0. The highest BCUT2D eigenvalue weighted by molar-refractivity contribution is 5.70. The highest BCUT2D eigenvalue weighted by Crippen LogP contribution is 2.41. The standard InChI is InChI=1S/C11H12O.H2/c12-9-11(7-4-8-11)10-5-2-1-3-6-10;/h1-3,5-6,9H,4,7-8H2;1H. The monoisotopic (exact) mass is 162 g/mol. The van der Waals surface area contributed by atoms with Gasteiger partial charge in [0.15, 0.2) is 0 Å². The van der Waals surface area contributed by atoms with Crippen molar-refractivity contribution in [3.05, 3.63) is 35.9 Å². The maximum absolute atomic E-state index is 10.9. The molecule has 1 aliphatic rings. The maximum Gasteiger partial charge on any atom is 0.130 e. The molecule has 1 aliphatic carbocycles. The molecule has 2 rings (SSSR count). The van der Waals surface area contributed by atoms with Crippen LogP contribution in [0.15, 0.2) is 30.3 Å². The second kappa shape index (κ2) is 2.74. The Morgan fingerprint density at radius 1 is 1.25 bits per heavy atom. The molecule has 1 nitrogen and oxygen atoms in total. The van der Waals surface area contributed by atoms with E-state index in [9.17, 15) is 4.79 Å². The Hall–Kier alpha value is -1.11. The third-order valence-electron chi connectivity index (χ3n) is 2.82. The van der Waals surface area contributed by atoms with Crippen LogP contribution in [0.3, 0.4) is 0 Å². The summed E-state index contributed by atoms with van der Waals surface area (Å²) in [7, 11) is 0. The molecule has 64 valence electrons. The molecule has 12 heavy (non-hydrogen) atoms. The molecule has 0 atom stereocenters. The molecule has 0 aliphatic heterocycles. The molecule has 0 aromatic heterocycles.